The minimum atomic E-state index is 0.338. The Morgan fingerprint density at radius 3 is 2.90 bits per heavy atom. The molecular formula is C18H21ClN2. The molecule has 2 aromatic carbocycles. The molecule has 0 amide bonds. The van der Waals surface area contributed by atoms with E-state index in [4.69, 9.17) is 11.6 Å². The molecule has 2 nitrogen and oxygen atoms in total. The van der Waals surface area contributed by atoms with Gasteiger partial charge in [-0.15, -0.1) is 0 Å². The fourth-order valence-corrected chi connectivity index (χ4v) is 3.08. The Balaban J connectivity index is 1.72. The van der Waals surface area contributed by atoms with E-state index in [0.29, 0.717) is 6.04 Å². The Labute approximate surface area is 131 Å². The average molecular weight is 301 g/mol. The van der Waals surface area contributed by atoms with Crippen LogP contribution in [0.25, 0.3) is 0 Å². The lowest BCUT2D eigenvalue weighted by Gasteiger charge is -2.25. The first-order valence-electron chi connectivity index (χ1n) is 7.45. The van der Waals surface area contributed by atoms with Crippen LogP contribution in [0.4, 0.5) is 5.69 Å². The summed E-state index contributed by atoms with van der Waals surface area (Å²) in [5.74, 6) is 0. The zero-order chi connectivity index (χ0) is 14.8. The third-order valence-electron chi connectivity index (χ3n) is 4.31. The SMILES string of the molecule is CC(c1cccc(Cl)c1)N(C)Cc1ccc2c(c1)NCC2. The average Bonchev–Trinajstić information content (AvgIpc) is 2.94. The fraction of sp³-hybridized carbons (Fsp3) is 0.333. The third-order valence-corrected chi connectivity index (χ3v) is 4.54. The van der Waals surface area contributed by atoms with Crippen molar-refractivity contribution < 1.29 is 0 Å². The highest BCUT2D eigenvalue weighted by Crippen LogP contribution is 2.26. The topological polar surface area (TPSA) is 15.3 Å². The molecular weight excluding hydrogens is 280 g/mol. The van der Waals surface area contributed by atoms with Gasteiger partial charge in [-0.05, 0) is 55.3 Å². The van der Waals surface area contributed by atoms with E-state index in [1.165, 1.54) is 22.4 Å². The summed E-state index contributed by atoms with van der Waals surface area (Å²) < 4.78 is 0. The van der Waals surface area contributed by atoms with Gasteiger partial charge in [-0.2, -0.15) is 0 Å². The van der Waals surface area contributed by atoms with Crippen LogP contribution in [0.3, 0.4) is 0 Å². The maximum Gasteiger partial charge on any atom is 0.0409 e. The largest absolute Gasteiger partial charge is 0.384 e. The summed E-state index contributed by atoms with van der Waals surface area (Å²) in [7, 11) is 2.16. The number of rotatable bonds is 4. The van der Waals surface area contributed by atoms with Gasteiger partial charge < -0.3 is 5.32 Å². The van der Waals surface area contributed by atoms with Crippen LogP contribution in [0, 0.1) is 0 Å². The highest BCUT2D eigenvalue weighted by atomic mass is 35.5. The maximum atomic E-state index is 6.09. The molecule has 0 aromatic heterocycles. The lowest BCUT2D eigenvalue weighted by molar-refractivity contribution is 0.253. The van der Waals surface area contributed by atoms with E-state index in [1.54, 1.807) is 0 Å². The molecule has 1 N–H and O–H groups in total. The van der Waals surface area contributed by atoms with Gasteiger partial charge in [0.2, 0.25) is 0 Å². The second kappa shape index (κ2) is 6.08. The van der Waals surface area contributed by atoms with Crippen molar-refractivity contribution in [2.45, 2.75) is 25.9 Å². The number of halogens is 1. The van der Waals surface area contributed by atoms with Gasteiger partial charge in [0.15, 0.2) is 0 Å². The van der Waals surface area contributed by atoms with Gasteiger partial charge in [-0.3, -0.25) is 4.90 Å². The molecule has 3 heteroatoms. The number of anilines is 1. The van der Waals surface area contributed by atoms with E-state index < -0.39 is 0 Å². The standard InChI is InChI=1S/C18H21ClN2/c1-13(16-4-3-5-17(19)11-16)21(2)12-14-6-7-15-8-9-20-18(15)10-14/h3-7,10-11,13,20H,8-9,12H2,1-2H3. The first-order valence-corrected chi connectivity index (χ1v) is 7.82. The highest BCUT2D eigenvalue weighted by Gasteiger charge is 2.14. The molecule has 1 atom stereocenters. The second-order valence-electron chi connectivity index (χ2n) is 5.81. The number of hydrogen-bond donors (Lipinski definition) is 1. The summed E-state index contributed by atoms with van der Waals surface area (Å²) in [6.07, 6.45) is 1.14. The van der Waals surface area contributed by atoms with Gasteiger partial charge in [0.1, 0.15) is 0 Å². The van der Waals surface area contributed by atoms with Crippen molar-refractivity contribution in [3.05, 3.63) is 64.2 Å². The Hall–Kier alpha value is -1.51. The number of nitrogens with one attached hydrogen (secondary N) is 1. The Bertz CT molecular complexity index is 639. The van der Waals surface area contributed by atoms with Crippen LogP contribution in [-0.4, -0.2) is 18.5 Å². The summed E-state index contributed by atoms with van der Waals surface area (Å²) in [4.78, 5) is 2.35. The summed E-state index contributed by atoms with van der Waals surface area (Å²) >= 11 is 6.09. The molecule has 1 unspecified atom stereocenters. The molecule has 1 heterocycles. The molecule has 1 aliphatic rings. The minimum Gasteiger partial charge on any atom is -0.384 e. The minimum absolute atomic E-state index is 0.338. The molecule has 110 valence electrons. The third kappa shape index (κ3) is 3.22. The van der Waals surface area contributed by atoms with Crippen molar-refractivity contribution in [1.82, 2.24) is 4.90 Å². The monoisotopic (exact) mass is 300 g/mol. The Kier molecular flexibility index (Phi) is 4.18. The normalized spacial score (nSPS) is 14.9. The molecule has 3 rings (SSSR count). The Morgan fingerprint density at radius 1 is 1.24 bits per heavy atom. The second-order valence-corrected chi connectivity index (χ2v) is 6.25. The predicted molar refractivity (Wildman–Crippen MR) is 90.0 cm³/mol. The first kappa shape index (κ1) is 14.4. The highest BCUT2D eigenvalue weighted by molar-refractivity contribution is 6.30. The smallest absolute Gasteiger partial charge is 0.0409 e. The summed E-state index contributed by atoms with van der Waals surface area (Å²) in [5, 5.41) is 4.25. The van der Waals surface area contributed by atoms with Crippen molar-refractivity contribution in [2.75, 3.05) is 18.9 Å². The molecule has 0 radical (unpaired) electrons. The van der Waals surface area contributed by atoms with E-state index in [1.807, 2.05) is 18.2 Å². The van der Waals surface area contributed by atoms with E-state index in [2.05, 4.69) is 48.5 Å². The number of hydrogen-bond acceptors (Lipinski definition) is 2. The molecule has 0 bridgehead atoms. The Morgan fingerprint density at radius 2 is 2.10 bits per heavy atom. The summed E-state index contributed by atoms with van der Waals surface area (Å²) in [6, 6.07) is 15.2. The molecule has 0 spiro atoms. The van der Waals surface area contributed by atoms with Crippen LogP contribution in [0.5, 0.6) is 0 Å². The molecule has 0 saturated heterocycles. The van der Waals surface area contributed by atoms with Crippen molar-refractivity contribution in [1.29, 1.82) is 0 Å². The lowest BCUT2D eigenvalue weighted by atomic mass is 10.1. The fourth-order valence-electron chi connectivity index (χ4n) is 2.88. The van der Waals surface area contributed by atoms with Gasteiger partial charge in [-0.25, -0.2) is 0 Å². The molecule has 2 aromatic rings. The van der Waals surface area contributed by atoms with Crippen molar-refractivity contribution in [3.8, 4) is 0 Å². The number of benzene rings is 2. The van der Waals surface area contributed by atoms with Crippen LogP contribution in [0.15, 0.2) is 42.5 Å². The van der Waals surface area contributed by atoms with E-state index in [9.17, 15) is 0 Å². The zero-order valence-electron chi connectivity index (χ0n) is 12.6. The van der Waals surface area contributed by atoms with Gasteiger partial charge in [0.25, 0.3) is 0 Å². The van der Waals surface area contributed by atoms with Crippen molar-refractivity contribution in [2.24, 2.45) is 0 Å². The van der Waals surface area contributed by atoms with E-state index >= 15 is 0 Å². The first-order chi connectivity index (χ1) is 10.1. The van der Waals surface area contributed by atoms with Crippen molar-refractivity contribution in [3.63, 3.8) is 0 Å². The van der Waals surface area contributed by atoms with E-state index in [-0.39, 0.29) is 0 Å². The van der Waals surface area contributed by atoms with Gasteiger partial charge >= 0.3 is 0 Å². The number of fused-ring (bicyclic) bond motifs is 1. The van der Waals surface area contributed by atoms with Crippen LogP contribution < -0.4 is 5.32 Å². The predicted octanol–water partition coefficient (Wildman–Crippen LogP) is 4.50. The van der Waals surface area contributed by atoms with Crippen molar-refractivity contribution >= 4 is 17.3 Å². The van der Waals surface area contributed by atoms with Crippen LogP contribution in [0.1, 0.15) is 29.7 Å². The quantitative estimate of drug-likeness (QED) is 0.894. The van der Waals surface area contributed by atoms with Crippen LogP contribution in [0.2, 0.25) is 5.02 Å². The molecule has 0 saturated carbocycles. The maximum absolute atomic E-state index is 6.09. The molecule has 21 heavy (non-hydrogen) atoms. The molecule has 1 aliphatic heterocycles. The number of nitrogens with zero attached hydrogens (tertiary/aromatic N) is 1. The van der Waals surface area contributed by atoms with Gasteiger partial charge in [-0.1, -0.05) is 35.9 Å². The van der Waals surface area contributed by atoms with Gasteiger partial charge in [0, 0.05) is 29.8 Å². The van der Waals surface area contributed by atoms with Crippen LogP contribution in [-0.2, 0) is 13.0 Å². The summed E-state index contributed by atoms with van der Waals surface area (Å²) in [6.45, 7) is 4.22. The van der Waals surface area contributed by atoms with E-state index in [0.717, 1.165) is 24.5 Å². The summed E-state index contributed by atoms with van der Waals surface area (Å²) in [5.41, 5.74) is 5.34. The molecule has 0 aliphatic carbocycles. The van der Waals surface area contributed by atoms with Crippen LogP contribution >= 0.6 is 11.6 Å². The zero-order valence-corrected chi connectivity index (χ0v) is 13.3. The lowest BCUT2D eigenvalue weighted by Crippen LogP contribution is -2.21. The van der Waals surface area contributed by atoms with Gasteiger partial charge in [0.05, 0.1) is 0 Å². The molecule has 0 fully saturated rings.